The molecule has 0 aliphatic rings. The number of aromatic nitrogens is 1. The van der Waals surface area contributed by atoms with E-state index in [1.165, 1.54) is 18.3 Å². The predicted molar refractivity (Wildman–Crippen MR) is 108 cm³/mol. The third kappa shape index (κ3) is 4.93. The van der Waals surface area contributed by atoms with Crippen LogP contribution in [0.4, 0.5) is 5.13 Å². The first kappa shape index (κ1) is 19.1. The Hall–Kier alpha value is -2.70. The predicted octanol–water partition coefficient (Wildman–Crippen LogP) is 5.07. The molecule has 0 saturated carbocycles. The first-order valence-electron chi connectivity index (χ1n) is 8.22. The molecule has 7 heteroatoms. The van der Waals surface area contributed by atoms with Gasteiger partial charge in [0.2, 0.25) is 0 Å². The highest BCUT2D eigenvalue weighted by atomic mass is 35.5. The molecule has 27 heavy (non-hydrogen) atoms. The summed E-state index contributed by atoms with van der Waals surface area (Å²) in [5.41, 5.74) is 2.21. The van der Waals surface area contributed by atoms with Gasteiger partial charge in [0, 0.05) is 21.5 Å². The largest absolute Gasteiger partial charge is 0.481 e. The Morgan fingerprint density at radius 2 is 1.93 bits per heavy atom. The van der Waals surface area contributed by atoms with E-state index >= 15 is 0 Å². The minimum atomic E-state index is -0.741. The summed E-state index contributed by atoms with van der Waals surface area (Å²) >= 11 is 7.22. The van der Waals surface area contributed by atoms with E-state index in [-0.39, 0.29) is 11.7 Å². The molecular weight excluding hydrogens is 384 g/mol. The van der Waals surface area contributed by atoms with Gasteiger partial charge >= 0.3 is 0 Å². The fourth-order valence-corrected chi connectivity index (χ4v) is 3.19. The molecule has 2 aromatic carbocycles. The van der Waals surface area contributed by atoms with Gasteiger partial charge in [0.15, 0.2) is 17.0 Å². The standard InChI is InChI=1S/C20H17ClN2O3S/c1-12(24)15-4-3-5-17(10-15)26-13(2)19(25)23-20-22-18(11-27-20)14-6-8-16(21)9-7-14/h3-11,13H,1-2H3,(H,22,23,25). The molecule has 3 aromatic rings. The molecule has 0 aliphatic carbocycles. The summed E-state index contributed by atoms with van der Waals surface area (Å²) in [6.07, 6.45) is -0.741. The summed E-state index contributed by atoms with van der Waals surface area (Å²) in [4.78, 5) is 28.2. The zero-order chi connectivity index (χ0) is 19.4. The van der Waals surface area contributed by atoms with Gasteiger partial charge < -0.3 is 4.74 Å². The van der Waals surface area contributed by atoms with E-state index in [0.717, 1.165) is 11.3 Å². The normalized spacial score (nSPS) is 11.7. The van der Waals surface area contributed by atoms with E-state index < -0.39 is 6.10 Å². The Morgan fingerprint density at radius 3 is 2.63 bits per heavy atom. The summed E-state index contributed by atoms with van der Waals surface area (Å²) < 4.78 is 5.64. The molecule has 1 unspecified atom stereocenters. The highest BCUT2D eigenvalue weighted by molar-refractivity contribution is 7.14. The number of nitrogens with one attached hydrogen (secondary N) is 1. The molecule has 0 fully saturated rings. The summed E-state index contributed by atoms with van der Waals surface area (Å²) in [6, 6.07) is 14.1. The van der Waals surface area contributed by atoms with E-state index in [1.807, 2.05) is 17.5 Å². The second-order valence-electron chi connectivity index (χ2n) is 5.88. The van der Waals surface area contributed by atoms with Crippen molar-refractivity contribution in [3.05, 3.63) is 64.5 Å². The SMILES string of the molecule is CC(=O)c1cccc(OC(C)C(=O)Nc2nc(-c3ccc(Cl)cc3)cs2)c1. The van der Waals surface area contributed by atoms with Crippen molar-refractivity contribution in [2.75, 3.05) is 5.32 Å². The minimum Gasteiger partial charge on any atom is -0.481 e. The topological polar surface area (TPSA) is 68.3 Å². The number of nitrogens with zero attached hydrogens (tertiary/aromatic N) is 1. The van der Waals surface area contributed by atoms with Crippen molar-refractivity contribution in [3.8, 4) is 17.0 Å². The van der Waals surface area contributed by atoms with Crippen molar-refractivity contribution < 1.29 is 14.3 Å². The van der Waals surface area contributed by atoms with Crippen LogP contribution in [0.15, 0.2) is 53.9 Å². The lowest BCUT2D eigenvalue weighted by Gasteiger charge is -2.14. The average molecular weight is 401 g/mol. The van der Waals surface area contributed by atoms with Crippen molar-refractivity contribution in [2.24, 2.45) is 0 Å². The van der Waals surface area contributed by atoms with Gasteiger partial charge in [-0.25, -0.2) is 4.98 Å². The second kappa shape index (κ2) is 8.33. The van der Waals surface area contributed by atoms with E-state index in [0.29, 0.717) is 21.5 Å². The van der Waals surface area contributed by atoms with Crippen molar-refractivity contribution in [1.29, 1.82) is 0 Å². The number of carbonyl (C=O) groups is 2. The molecule has 0 spiro atoms. The van der Waals surface area contributed by atoms with Gasteiger partial charge in [0.05, 0.1) is 5.69 Å². The zero-order valence-electron chi connectivity index (χ0n) is 14.7. The van der Waals surface area contributed by atoms with Crippen molar-refractivity contribution in [1.82, 2.24) is 4.98 Å². The van der Waals surface area contributed by atoms with E-state index in [2.05, 4.69) is 10.3 Å². The first-order valence-corrected chi connectivity index (χ1v) is 9.48. The number of hydrogen-bond acceptors (Lipinski definition) is 5. The highest BCUT2D eigenvalue weighted by Crippen LogP contribution is 2.26. The van der Waals surface area contributed by atoms with Crippen LogP contribution in [0.25, 0.3) is 11.3 Å². The lowest BCUT2D eigenvalue weighted by Crippen LogP contribution is -2.30. The summed E-state index contributed by atoms with van der Waals surface area (Å²) in [6.45, 7) is 3.12. The third-order valence-electron chi connectivity index (χ3n) is 3.80. The fourth-order valence-electron chi connectivity index (χ4n) is 2.34. The molecule has 1 aromatic heterocycles. The van der Waals surface area contributed by atoms with Gasteiger partial charge in [0.25, 0.3) is 5.91 Å². The Bertz CT molecular complexity index is 969. The van der Waals surface area contributed by atoms with Crippen LogP contribution in [0, 0.1) is 0 Å². The van der Waals surface area contributed by atoms with Gasteiger partial charge in [-0.1, -0.05) is 35.9 Å². The number of ether oxygens (including phenoxy) is 1. The van der Waals surface area contributed by atoms with E-state index in [9.17, 15) is 9.59 Å². The average Bonchev–Trinajstić information content (AvgIpc) is 3.11. The van der Waals surface area contributed by atoms with Crippen LogP contribution in [0.5, 0.6) is 5.75 Å². The molecule has 1 atom stereocenters. The maximum absolute atomic E-state index is 12.4. The molecule has 0 aliphatic heterocycles. The first-order chi connectivity index (χ1) is 12.9. The number of thiazole rings is 1. The zero-order valence-corrected chi connectivity index (χ0v) is 16.3. The molecular formula is C20H17ClN2O3S. The van der Waals surface area contributed by atoms with E-state index in [4.69, 9.17) is 16.3 Å². The number of carbonyl (C=O) groups excluding carboxylic acids is 2. The molecule has 3 rings (SSSR count). The summed E-state index contributed by atoms with van der Waals surface area (Å²) in [5, 5.41) is 5.75. The van der Waals surface area contributed by atoms with Crippen LogP contribution < -0.4 is 10.1 Å². The Kier molecular flexibility index (Phi) is 5.88. The molecule has 0 saturated heterocycles. The van der Waals surface area contributed by atoms with Crippen molar-refractivity contribution in [3.63, 3.8) is 0 Å². The number of ketones is 1. The minimum absolute atomic E-state index is 0.0601. The molecule has 1 N–H and O–H groups in total. The third-order valence-corrected chi connectivity index (χ3v) is 4.81. The van der Waals surface area contributed by atoms with Gasteiger partial charge in [0.1, 0.15) is 5.75 Å². The van der Waals surface area contributed by atoms with Gasteiger partial charge in [-0.15, -0.1) is 11.3 Å². The van der Waals surface area contributed by atoms with Gasteiger partial charge in [-0.2, -0.15) is 0 Å². The van der Waals surface area contributed by atoms with Crippen molar-refractivity contribution in [2.45, 2.75) is 20.0 Å². The van der Waals surface area contributed by atoms with Gasteiger partial charge in [-0.05, 0) is 38.1 Å². The van der Waals surface area contributed by atoms with Crippen LogP contribution in [0.3, 0.4) is 0 Å². The van der Waals surface area contributed by atoms with Crippen LogP contribution in [-0.4, -0.2) is 22.8 Å². The number of amides is 1. The number of hydrogen-bond donors (Lipinski definition) is 1. The van der Waals surface area contributed by atoms with E-state index in [1.54, 1.807) is 43.3 Å². The molecule has 0 bridgehead atoms. The number of benzene rings is 2. The lowest BCUT2D eigenvalue weighted by molar-refractivity contribution is -0.122. The number of rotatable bonds is 6. The fraction of sp³-hybridized carbons (Fsp3) is 0.150. The summed E-state index contributed by atoms with van der Waals surface area (Å²) in [5.74, 6) is 0.0849. The second-order valence-corrected chi connectivity index (χ2v) is 7.17. The Balaban J connectivity index is 1.64. The molecule has 1 amide bonds. The molecule has 0 radical (unpaired) electrons. The summed E-state index contributed by atoms with van der Waals surface area (Å²) in [7, 11) is 0. The monoisotopic (exact) mass is 400 g/mol. The Morgan fingerprint density at radius 1 is 1.19 bits per heavy atom. The van der Waals surface area contributed by atoms with Gasteiger partial charge in [-0.3, -0.25) is 14.9 Å². The molecule has 138 valence electrons. The highest BCUT2D eigenvalue weighted by Gasteiger charge is 2.17. The van der Waals surface area contributed by atoms with Crippen LogP contribution in [-0.2, 0) is 4.79 Å². The van der Waals surface area contributed by atoms with Crippen LogP contribution in [0.2, 0.25) is 5.02 Å². The van der Waals surface area contributed by atoms with Crippen LogP contribution >= 0.6 is 22.9 Å². The smallest absolute Gasteiger partial charge is 0.266 e. The molecule has 5 nitrogen and oxygen atoms in total. The van der Waals surface area contributed by atoms with Crippen LogP contribution in [0.1, 0.15) is 24.2 Å². The number of halogens is 1. The maximum Gasteiger partial charge on any atom is 0.266 e. The maximum atomic E-state index is 12.4. The number of Topliss-reactive ketones (excluding diaryl/α,β-unsaturated/α-hetero) is 1. The quantitative estimate of drug-likeness (QED) is 0.586. The lowest BCUT2D eigenvalue weighted by atomic mass is 10.1. The number of anilines is 1. The molecule has 1 heterocycles. The van der Waals surface area contributed by atoms with Crippen molar-refractivity contribution >= 4 is 39.8 Å². The Labute approximate surface area is 166 Å².